The second-order valence-electron chi connectivity index (χ2n) is 4.70. The summed E-state index contributed by atoms with van der Waals surface area (Å²) in [7, 11) is 3.06. The van der Waals surface area contributed by atoms with Crippen molar-refractivity contribution in [2.24, 2.45) is 0 Å². The molecule has 2 aromatic rings. The third-order valence-electron chi connectivity index (χ3n) is 3.24. The number of hydrogen-bond acceptors (Lipinski definition) is 6. The van der Waals surface area contributed by atoms with Crippen LogP contribution in [0, 0.1) is 10.1 Å². The summed E-state index contributed by atoms with van der Waals surface area (Å²) in [5, 5.41) is 19.1. The Morgan fingerprint density at radius 1 is 1.35 bits per heavy atom. The molecule has 1 aromatic carbocycles. The lowest BCUT2D eigenvalue weighted by Gasteiger charge is -2.17. The van der Waals surface area contributed by atoms with Gasteiger partial charge in [-0.05, 0) is 30.0 Å². The Morgan fingerprint density at radius 2 is 2.09 bits per heavy atom. The number of rotatable bonds is 6. The van der Waals surface area contributed by atoms with Gasteiger partial charge in [-0.1, -0.05) is 5.10 Å². The molecule has 0 aliphatic carbocycles. The Kier molecular flexibility index (Phi) is 4.79. The van der Waals surface area contributed by atoms with E-state index in [4.69, 9.17) is 9.47 Å². The van der Waals surface area contributed by atoms with Crippen molar-refractivity contribution in [2.75, 3.05) is 14.2 Å². The SMILES string of the molecule is COc1ccc(OC)c(C(C)NC(=O)c2cc([N+](=O)[O-])[nH]n2)c1. The van der Waals surface area contributed by atoms with Crippen LogP contribution >= 0.6 is 0 Å². The first kappa shape index (κ1) is 16.3. The number of hydrogen-bond donors (Lipinski definition) is 2. The predicted octanol–water partition coefficient (Wildman–Crippen LogP) is 1.83. The van der Waals surface area contributed by atoms with Crippen LogP contribution in [0.25, 0.3) is 0 Å². The number of methoxy groups -OCH3 is 2. The first-order chi connectivity index (χ1) is 11.0. The number of carbonyl (C=O) groups excluding carboxylic acids is 1. The normalized spacial score (nSPS) is 11.6. The molecule has 1 heterocycles. The van der Waals surface area contributed by atoms with Gasteiger partial charge in [0.25, 0.3) is 5.91 Å². The summed E-state index contributed by atoms with van der Waals surface area (Å²) in [6, 6.07) is 5.88. The van der Waals surface area contributed by atoms with E-state index < -0.39 is 16.9 Å². The van der Waals surface area contributed by atoms with E-state index in [0.29, 0.717) is 17.1 Å². The number of aromatic amines is 1. The first-order valence-electron chi connectivity index (χ1n) is 6.68. The van der Waals surface area contributed by atoms with E-state index in [2.05, 4.69) is 15.5 Å². The number of ether oxygens (including phenoxy) is 2. The van der Waals surface area contributed by atoms with Gasteiger partial charge in [0.15, 0.2) is 5.69 Å². The van der Waals surface area contributed by atoms with Gasteiger partial charge in [0, 0.05) is 5.56 Å². The Morgan fingerprint density at radius 3 is 2.65 bits per heavy atom. The third-order valence-corrected chi connectivity index (χ3v) is 3.24. The molecule has 2 N–H and O–H groups in total. The molecule has 9 nitrogen and oxygen atoms in total. The number of nitrogens with zero attached hydrogens (tertiary/aromatic N) is 2. The minimum Gasteiger partial charge on any atom is -0.497 e. The number of nitrogens with one attached hydrogen (secondary N) is 2. The highest BCUT2D eigenvalue weighted by Gasteiger charge is 2.20. The fourth-order valence-electron chi connectivity index (χ4n) is 2.05. The van der Waals surface area contributed by atoms with E-state index >= 15 is 0 Å². The number of nitro groups is 1. The van der Waals surface area contributed by atoms with Crippen molar-refractivity contribution in [3.8, 4) is 11.5 Å². The van der Waals surface area contributed by atoms with Crippen molar-refractivity contribution in [3.05, 3.63) is 45.6 Å². The van der Waals surface area contributed by atoms with Gasteiger partial charge < -0.3 is 24.9 Å². The van der Waals surface area contributed by atoms with Gasteiger partial charge in [-0.3, -0.25) is 4.79 Å². The molecule has 23 heavy (non-hydrogen) atoms. The molecule has 1 aromatic heterocycles. The fourth-order valence-corrected chi connectivity index (χ4v) is 2.05. The van der Waals surface area contributed by atoms with Gasteiger partial charge in [0.1, 0.15) is 11.5 Å². The average molecular weight is 320 g/mol. The van der Waals surface area contributed by atoms with E-state index in [0.717, 1.165) is 6.07 Å². The van der Waals surface area contributed by atoms with Crippen LogP contribution in [0.3, 0.4) is 0 Å². The maximum Gasteiger partial charge on any atom is 0.343 e. The summed E-state index contributed by atoms with van der Waals surface area (Å²) in [6.07, 6.45) is 0. The smallest absolute Gasteiger partial charge is 0.343 e. The number of H-pyrrole nitrogens is 1. The zero-order valence-electron chi connectivity index (χ0n) is 12.8. The van der Waals surface area contributed by atoms with Gasteiger partial charge in [-0.15, -0.1) is 5.10 Å². The minimum atomic E-state index is -0.654. The molecule has 2 rings (SSSR count). The number of carbonyl (C=O) groups is 1. The lowest BCUT2D eigenvalue weighted by molar-refractivity contribution is -0.389. The summed E-state index contributed by atoms with van der Waals surface area (Å²) in [4.78, 5) is 22.1. The van der Waals surface area contributed by atoms with Crippen molar-refractivity contribution >= 4 is 11.7 Å². The lowest BCUT2D eigenvalue weighted by atomic mass is 10.1. The van der Waals surface area contributed by atoms with Crippen LogP contribution in [0.5, 0.6) is 11.5 Å². The Labute approximate surface area is 131 Å². The van der Waals surface area contributed by atoms with Crippen LogP contribution < -0.4 is 14.8 Å². The maximum atomic E-state index is 12.1. The van der Waals surface area contributed by atoms with Gasteiger partial charge in [-0.2, -0.15) is 0 Å². The maximum absolute atomic E-state index is 12.1. The van der Waals surface area contributed by atoms with Gasteiger partial charge in [-0.25, -0.2) is 0 Å². The molecule has 0 aliphatic heterocycles. The molecule has 1 unspecified atom stereocenters. The number of benzene rings is 1. The Bertz CT molecular complexity index is 728. The fraction of sp³-hybridized carbons (Fsp3) is 0.286. The van der Waals surface area contributed by atoms with Crippen LogP contribution in [0.2, 0.25) is 0 Å². The topological polar surface area (TPSA) is 119 Å². The number of aromatic nitrogens is 2. The quantitative estimate of drug-likeness (QED) is 0.619. The predicted molar refractivity (Wildman–Crippen MR) is 80.7 cm³/mol. The van der Waals surface area contributed by atoms with Crippen LogP contribution in [0.1, 0.15) is 29.0 Å². The van der Waals surface area contributed by atoms with E-state index in [-0.39, 0.29) is 11.5 Å². The summed E-state index contributed by atoms with van der Waals surface area (Å²) in [5.41, 5.74) is 0.649. The van der Waals surface area contributed by atoms with Crippen LogP contribution in [-0.2, 0) is 0 Å². The second-order valence-corrected chi connectivity index (χ2v) is 4.70. The molecule has 0 saturated heterocycles. The molecule has 1 atom stereocenters. The summed E-state index contributed by atoms with van der Waals surface area (Å²) < 4.78 is 10.4. The van der Waals surface area contributed by atoms with Gasteiger partial charge >= 0.3 is 5.82 Å². The monoisotopic (exact) mass is 320 g/mol. The molecular weight excluding hydrogens is 304 g/mol. The molecule has 0 aliphatic rings. The van der Waals surface area contributed by atoms with Crippen LogP contribution in [0.4, 0.5) is 5.82 Å². The highest BCUT2D eigenvalue weighted by Crippen LogP contribution is 2.29. The van der Waals surface area contributed by atoms with Crippen molar-refractivity contribution < 1.29 is 19.2 Å². The summed E-state index contributed by atoms with van der Waals surface area (Å²) in [6.45, 7) is 1.76. The number of amides is 1. The highest BCUT2D eigenvalue weighted by molar-refractivity contribution is 5.93. The van der Waals surface area contributed by atoms with E-state index in [1.807, 2.05) is 0 Å². The van der Waals surface area contributed by atoms with Crippen LogP contribution in [-0.4, -0.2) is 35.2 Å². The van der Waals surface area contributed by atoms with E-state index in [1.165, 1.54) is 14.2 Å². The molecule has 0 fully saturated rings. The molecule has 1 amide bonds. The Balaban J connectivity index is 2.18. The zero-order valence-corrected chi connectivity index (χ0v) is 12.8. The molecule has 9 heteroatoms. The third kappa shape index (κ3) is 3.57. The summed E-state index contributed by atoms with van der Waals surface area (Å²) >= 11 is 0. The first-order valence-corrected chi connectivity index (χ1v) is 6.68. The van der Waals surface area contributed by atoms with Gasteiger partial charge in [0.05, 0.1) is 26.3 Å². The average Bonchev–Trinajstić information content (AvgIpc) is 3.04. The molecular formula is C14H16N4O5. The van der Waals surface area contributed by atoms with Crippen molar-refractivity contribution in [2.45, 2.75) is 13.0 Å². The minimum absolute atomic E-state index is 0.0644. The van der Waals surface area contributed by atoms with Crippen molar-refractivity contribution in [1.82, 2.24) is 15.5 Å². The highest BCUT2D eigenvalue weighted by atomic mass is 16.6. The molecule has 0 spiro atoms. The largest absolute Gasteiger partial charge is 0.497 e. The van der Waals surface area contributed by atoms with Crippen molar-refractivity contribution in [3.63, 3.8) is 0 Å². The molecule has 122 valence electrons. The van der Waals surface area contributed by atoms with E-state index in [9.17, 15) is 14.9 Å². The Hall–Kier alpha value is -3.10. The zero-order chi connectivity index (χ0) is 17.0. The second kappa shape index (κ2) is 6.77. The van der Waals surface area contributed by atoms with Crippen LogP contribution in [0.15, 0.2) is 24.3 Å². The molecule has 0 bridgehead atoms. The summed E-state index contributed by atoms with van der Waals surface area (Å²) in [5.74, 6) is 0.331. The van der Waals surface area contributed by atoms with E-state index in [1.54, 1.807) is 25.1 Å². The lowest BCUT2D eigenvalue weighted by Crippen LogP contribution is -2.27. The molecule has 0 radical (unpaired) electrons. The van der Waals surface area contributed by atoms with Gasteiger partial charge in [0.2, 0.25) is 0 Å². The standard InChI is InChI=1S/C14H16N4O5/c1-8(10-6-9(22-2)4-5-12(10)23-3)15-14(19)11-7-13(17-16-11)18(20)21/h4-8H,1-3H3,(H,15,19)(H,16,17). The molecule has 0 saturated carbocycles. The van der Waals surface area contributed by atoms with Crippen molar-refractivity contribution in [1.29, 1.82) is 0 Å².